The van der Waals surface area contributed by atoms with Gasteiger partial charge in [0.1, 0.15) is 5.58 Å². The number of furan rings is 1. The van der Waals surface area contributed by atoms with Gasteiger partial charge in [0.05, 0.1) is 0 Å². The van der Waals surface area contributed by atoms with Crippen LogP contribution in [0.15, 0.2) is 28.7 Å². The molecule has 102 valence electrons. The molecule has 1 atom stereocenters. The monoisotopic (exact) mass is 323 g/mol. The van der Waals surface area contributed by atoms with Crippen molar-refractivity contribution in [1.29, 1.82) is 0 Å². The molecule has 0 fully saturated rings. The second kappa shape index (κ2) is 6.24. The maximum Gasteiger partial charge on any atom is 0.287 e. The fourth-order valence-electron chi connectivity index (χ4n) is 2.03. The lowest BCUT2D eigenvalue weighted by atomic mass is 10.2. The molecular weight excluding hydrogens is 306 g/mol. The van der Waals surface area contributed by atoms with Gasteiger partial charge in [-0.1, -0.05) is 27.6 Å². The van der Waals surface area contributed by atoms with Gasteiger partial charge in [-0.2, -0.15) is 0 Å². The standard InChI is InChI=1S/C15H18BrNO2/c1-10-5-6-13-12(8-10)9-14(19-13)15(18)17-11(2)4-3-7-16/h5-6,8-9,11H,3-4,7H2,1-2H3,(H,17,18). The summed E-state index contributed by atoms with van der Waals surface area (Å²) in [5.41, 5.74) is 1.91. The molecule has 4 heteroatoms. The molecule has 2 aromatic rings. The minimum Gasteiger partial charge on any atom is -0.451 e. The third-order valence-electron chi connectivity index (χ3n) is 3.04. The fourth-order valence-corrected chi connectivity index (χ4v) is 2.35. The van der Waals surface area contributed by atoms with E-state index in [1.807, 2.05) is 32.0 Å². The average Bonchev–Trinajstić information content (AvgIpc) is 2.79. The number of carbonyl (C=O) groups excluding carboxylic acids is 1. The lowest BCUT2D eigenvalue weighted by Crippen LogP contribution is -2.32. The van der Waals surface area contributed by atoms with Crippen LogP contribution in [0.2, 0.25) is 0 Å². The maximum atomic E-state index is 12.1. The number of benzene rings is 1. The number of aryl methyl sites for hydroxylation is 1. The van der Waals surface area contributed by atoms with Gasteiger partial charge >= 0.3 is 0 Å². The van der Waals surface area contributed by atoms with Gasteiger partial charge in [0.2, 0.25) is 0 Å². The van der Waals surface area contributed by atoms with E-state index < -0.39 is 0 Å². The van der Waals surface area contributed by atoms with Gasteiger partial charge in [0, 0.05) is 16.8 Å². The molecule has 1 unspecified atom stereocenters. The summed E-state index contributed by atoms with van der Waals surface area (Å²) < 4.78 is 5.57. The number of fused-ring (bicyclic) bond motifs is 1. The van der Waals surface area contributed by atoms with E-state index in [4.69, 9.17) is 4.42 Å². The molecule has 1 aromatic heterocycles. The van der Waals surface area contributed by atoms with Crippen molar-refractivity contribution in [2.24, 2.45) is 0 Å². The molecule has 3 nitrogen and oxygen atoms in total. The van der Waals surface area contributed by atoms with Gasteiger partial charge < -0.3 is 9.73 Å². The lowest BCUT2D eigenvalue weighted by Gasteiger charge is -2.11. The van der Waals surface area contributed by atoms with E-state index in [0.29, 0.717) is 5.76 Å². The highest BCUT2D eigenvalue weighted by molar-refractivity contribution is 9.09. The summed E-state index contributed by atoms with van der Waals surface area (Å²) in [7, 11) is 0. The normalized spacial score (nSPS) is 12.6. The highest BCUT2D eigenvalue weighted by atomic mass is 79.9. The van der Waals surface area contributed by atoms with Crippen molar-refractivity contribution in [3.8, 4) is 0 Å². The molecule has 2 rings (SSSR count). The first-order valence-electron chi connectivity index (χ1n) is 6.47. The third kappa shape index (κ3) is 3.60. The van der Waals surface area contributed by atoms with Crippen LogP contribution in [0.3, 0.4) is 0 Å². The Hall–Kier alpha value is -1.29. The number of carbonyl (C=O) groups is 1. The van der Waals surface area contributed by atoms with Crippen LogP contribution >= 0.6 is 15.9 Å². The largest absolute Gasteiger partial charge is 0.451 e. The van der Waals surface area contributed by atoms with Crippen LogP contribution in [-0.4, -0.2) is 17.3 Å². The van der Waals surface area contributed by atoms with Gasteiger partial charge in [-0.15, -0.1) is 0 Å². The SMILES string of the molecule is Cc1ccc2oc(C(=O)NC(C)CCCBr)cc2c1. The molecule has 0 aliphatic carbocycles. The summed E-state index contributed by atoms with van der Waals surface area (Å²) in [6.07, 6.45) is 2.00. The molecule has 0 spiro atoms. The molecule has 19 heavy (non-hydrogen) atoms. The van der Waals surface area contributed by atoms with Crippen LogP contribution in [0, 0.1) is 6.92 Å². The first kappa shape index (κ1) is 14.1. The lowest BCUT2D eigenvalue weighted by molar-refractivity contribution is 0.0912. The topological polar surface area (TPSA) is 42.2 Å². The number of hydrogen-bond donors (Lipinski definition) is 1. The van der Waals surface area contributed by atoms with Crippen molar-refractivity contribution < 1.29 is 9.21 Å². The highest BCUT2D eigenvalue weighted by Gasteiger charge is 2.14. The summed E-state index contributed by atoms with van der Waals surface area (Å²) in [5.74, 6) is 0.238. The van der Waals surface area contributed by atoms with Crippen LogP contribution in [0.4, 0.5) is 0 Å². The Balaban J connectivity index is 2.08. The number of alkyl halides is 1. The molecule has 1 aromatic carbocycles. The second-order valence-electron chi connectivity index (χ2n) is 4.86. The number of rotatable bonds is 5. The molecule has 0 bridgehead atoms. The third-order valence-corrected chi connectivity index (χ3v) is 3.60. The van der Waals surface area contributed by atoms with Crippen molar-refractivity contribution in [2.75, 3.05) is 5.33 Å². The van der Waals surface area contributed by atoms with Crippen molar-refractivity contribution in [2.45, 2.75) is 32.7 Å². The fraction of sp³-hybridized carbons (Fsp3) is 0.400. The van der Waals surface area contributed by atoms with Crippen LogP contribution in [-0.2, 0) is 0 Å². The van der Waals surface area contributed by atoms with E-state index >= 15 is 0 Å². The molecule has 0 aliphatic heterocycles. The number of amides is 1. The molecular formula is C15H18BrNO2. The summed E-state index contributed by atoms with van der Waals surface area (Å²) in [6.45, 7) is 4.03. The van der Waals surface area contributed by atoms with E-state index in [9.17, 15) is 4.79 Å². The van der Waals surface area contributed by atoms with Crippen LogP contribution in [0.1, 0.15) is 35.9 Å². The quantitative estimate of drug-likeness (QED) is 0.844. The predicted octanol–water partition coefficient (Wildman–Crippen LogP) is 4.03. The minimum absolute atomic E-state index is 0.143. The van der Waals surface area contributed by atoms with Gasteiger partial charge in [-0.25, -0.2) is 0 Å². The van der Waals surface area contributed by atoms with Crippen LogP contribution in [0.25, 0.3) is 11.0 Å². The zero-order valence-electron chi connectivity index (χ0n) is 11.2. The molecule has 0 aliphatic rings. The smallest absolute Gasteiger partial charge is 0.287 e. The second-order valence-corrected chi connectivity index (χ2v) is 5.65. The van der Waals surface area contributed by atoms with E-state index in [1.165, 1.54) is 0 Å². The van der Waals surface area contributed by atoms with Crippen molar-refractivity contribution in [3.05, 3.63) is 35.6 Å². The summed E-state index contributed by atoms with van der Waals surface area (Å²) in [4.78, 5) is 12.1. The average molecular weight is 324 g/mol. The van der Waals surface area contributed by atoms with Gasteiger partial charge in [-0.05, 0) is 44.9 Å². The van der Waals surface area contributed by atoms with Crippen LogP contribution < -0.4 is 5.32 Å². The number of halogens is 1. The zero-order valence-corrected chi connectivity index (χ0v) is 12.8. The first-order chi connectivity index (χ1) is 9.10. The van der Waals surface area contributed by atoms with Gasteiger partial charge in [-0.3, -0.25) is 4.79 Å². The van der Waals surface area contributed by atoms with Crippen molar-refractivity contribution in [3.63, 3.8) is 0 Å². The Bertz CT molecular complexity index is 577. The Kier molecular flexibility index (Phi) is 4.64. The Morgan fingerprint density at radius 1 is 1.42 bits per heavy atom. The van der Waals surface area contributed by atoms with Crippen molar-refractivity contribution >= 4 is 32.8 Å². The van der Waals surface area contributed by atoms with Crippen LogP contribution in [0.5, 0.6) is 0 Å². The van der Waals surface area contributed by atoms with E-state index in [-0.39, 0.29) is 11.9 Å². The van der Waals surface area contributed by atoms with Crippen molar-refractivity contribution in [1.82, 2.24) is 5.32 Å². The summed E-state index contributed by atoms with van der Waals surface area (Å²) >= 11 is 3.39. The Labute approximate surface area is 121 Å². The van der Waals surface area contributed by atoms with Gasteiger partial charge in [0.25, 0.3) is 5.91 Å². The molecule has 0 radical (unpaired) electrons. The van der Waals surface area contributed by atoms with E-state index in [1.54, 1.807) is 6.07 Å². The maximum absolute atomic E-state index is 12.1. The predicted molar refractivity (Wildman–Crippen MR) is 80.9 cm³/mol. The molecule has 1 N–H and O–H groups in total. The molecule has 0 saturated heterocycles. The number of hydrogen-bond acceptors (Lipinski definition) is 2. The summed E-state index contributed by atoms with van der Waals surface area (Å²) in [6, 6.07) is 7.85. The first-order valence-corrected chi connectivity index (χ1v) is 7.59. The zero-order chi connectivity index (χ0) is 13.8. The summed E-state index contributed by atoms with van der Waals surface area (Å²) in [5, 5.41) is 4.88. The number of nitrogens with one attached hydrogen (secondary N) is 1. The highest BCUT2D eigenvalue weighted by Crippen LogP contribution is 2.20. The van der Waals surface area contributed by atoms with E-state index in [0.717, 1.165) is 34.7 Å². The molecule has 1 amide bonds. The van der Waals surface area contributed by atoms with E-state index in [2.05, 4.69) is 21.2 Å². The molecule has 0 saturated carbocycles. The Morgan fingerprint density at radius 2 is 2.21 bits per heavy atom. The van der Waals surface area contributed by atoms with Gasteiger partial charge in [0.15, 0.2) is 5.76 Å². The molecule has 1 heterocycles. The minimum atomic E-state index is -0.143. The Morgan fingerprint density at radius 3 is 2.95 bits per heavy atom.